The van der Waals surface area contributed by atoms with Gasteiger partial charge in [-0.1, -0.05) is 41.4 Å². The fourth-order valence-corrected chi connectivity index (χ4v) is 4.75. The Morgan fingerprint density at radius 2 is 1.77 bits per heavy atom. The van der Waals surface area contributed by atoms with E-state index >= 15 is 0 Å². The van der Waals surface area contributed by atoms with Crippen LogP contribution in [0.25, 0.3) is 11.0 Å². The molecule has 1 heterocycles. The van der Waals surface area contributed by atoms with E-state index in [1.807, 2.05) is 30.5 Å². The first-order valence-corrected chi connectivity index (χ1v) is 11.4. The molecule has 0 spiro atoms. The van der Waals surface area contributed by atoms with Crippen LogP contribution in [0.1, 0.15) is 22.3 Å². The number of hydrogen-bond acceptors (Lipinski definition) is 3. The van der Waals surface area contributed by atoms with E-state index in [0.717, 1.165) is 22.2 Å². The number of aromatic nitrogens is 2. The lowest BCUT2D eigenvalue weighted by Gasteiger charge is -2.14. The molecule has 0 bridgehead atoms. The van der Waals surface area contributed by atoms with Gasteiger partial charge in [-0.15, -0.1) is 0 Å². The van der Waals surface area contributed by atoms with Gasteiger partial charge < -0.3 is 4.57 Å². The maximum atomic E-state index is 13.0. The van der Waals surface area contributed by atoms with E-state index in [-0.39, 0.29) is 4.90 Å². The molecule has 4 rings (SSSR count). The fourth-order valence-electron chi connectivity index (χ4n) is 3.49. The second kappa shape index (κ2) is 7.78. The largest absolute Gasteiger partial charge is 0.326 e. The van der Waals surface area contributed by atoms with E-state index in [1.165, 1.54) is 17.7 Å². The zero-order valence-corrected chi connectivity index (χ0v) is 18.6. The van der Waals surface area contributed by atoms with Crippen LogP contribution in [0.4, 0.5) is 5.69 Å². The van der Waals surface area contributed by atoms with Gasteiger partial charge in [-0.05, 0) is 67.8 Å². The minimum Gasteiger partial charge on any atom is -0.326 e. The molecule has 154 valence electrons. The molecular formula is C23H22ClN3O2S. The lowest BCUT2D eigenvalue weighted by Crippen LogP contribution is -2.14. The predicted molar refractivity (Wildman–Crippen MR) is 122 cm³/mol. The molecule has 0 unspecified atom stereocenters. The van der Waals surface area contributed by atoms with Crippen molar-refractivity contribution in [3.63, 3.8) is 0 Å². The molecule has 1 N–H and O–H groups in total. The molecule has 5 nitrogen and oxygen atoms in total. The van der Waals surface area contributed by atoms with Crippen molar-refractivity contribution in [2.24, 2.45) is 0 Å². The number of hydrogen-bond donors (Lipinski definition) is 1. The number of nitrogens with one attached hydrogen (secondary N) is 1. The van der Waals surface area contributed by atoms with E-state index in [4.69, 9.17) is 11.6 Å². The van der Waals surface area contributed by atoms with Gasteiger partial charge in [0.05, 0.1) is 22.4 Å². The highest BCUT2D eigenvalue weighted by Gasteiger charge is 2.20. The molecule has 0 amide bonds. The van der Waals surface area contributed by atoms with Gasteiger partial charge >= 0.3 is 0 Å². The predicted octanol–water partition coefficient (Wildman–Crippen LogP) is 5.46. The van der Waals surface area contributed by atoms with Crippen LogP contribution in [-0.2, 0) is 16.6 Å². The van der Waals surface area contributed by atoms with E-state index in [9.17, 15) is 8.42 Å². The Morgan fingerprint density at radius 3 is 2.47 bits per heavy atom. The van der Waals surface area contributed by atoms with E-state index in [0.29, 0.717) is 22.8 Å². The molecule has 0 aliphatic rings. The van der Waals surface area contributed by atoms with Gasteiger partial charge in [0.1, 0.15) is 5.52 Å². The Bertz CT molecular complexity index is 1340. The van der Waals surface area contributed by atoms with Crippen LogP contribution in [0.2, 0.25) is 5.02 Å². The molecule has 7 heteroatoms. The lowest BCUT2D eigenvalue weighted by atomic mass is 10.1. The topological polar surface area (TPSA) is 64.0 Å². The van der Waals surface area contributed by atoms with Crippen LogP contribution < -0.4 is 4.72 Å². The van der Waals surface area contributed by atoms with Gasteiger partial charge in [0, 0.05) is 11.6 Å². The average Bonchev–Trinajstić information content (AvgIpc) is 3.08. The van der Waals surface area contributed by atoms with Crippen molar-refractivity contribution < 1.29 is 8.42 Å². The Balaban J connectivity index is 1.77. The standard InChI is InChI=1S/C23H22ClN3O2S/c1-15-5-4-6-18(11-15)13-27-14-25-23-21(27)12-16(2)17(3)22(23)26-30(28,29)20-9-7-19(24)8-10-20/h4-12,14,26H,13H2,1-3H3. The Morgan fingerprint density at radius 1 is 1.03 bits per heavy atom. The van der Waals surface area contributed by atoms with Gasteiger partial charge in [0.15, 0.2) is 0 Å². The summed E-state index contributed by atoms with van der Waals surface area (Å²) in [6, 6.07) is 16.5. The summed E-state index contributed by atoms with van der Waals surface area (Å²) in [4.78, 5) is 4.70. The van der Waals surface area contributed by atoms with Gasteiger partial charge in [-0.3, -0.25) is 4.72 Å². The maximum Gasteiger partial charge on any atom is 0.261 e. The van der Waals surface area contributed by atoms with Crippen molar-refractivity contribution in [3.8, 4) is 0 Å². The van der Waals surface area contributed by atoms with E-state index < -0.39 is 10.0 Å². The molecule has 0 atom stereocenters. The maximum absolute atomic E-state index is 13.0. The number of anilines is 1. The number of rotatable bonds is 5. The summed E-state index contributed by atoms with van der Waals surface area (Å²) in [6.07, 6.45) is 1.76. The minimum atomic E-state index is -3.77. The second-order valence-electron chi connectivity index (χ2n) is 7.48. The lowest BCUT2D eigenvalue weighted by molar-refractivity contribution is 0.601. The zero-order valence-electron chi connectivity index (χ0n) is 17.0. The highest BCUT2D eigenvalue weighted by molar-refractivity contribution is 7.92. The third-order valence-corrected chi connectivity index (χ3v) is 6.85. The second-order valence-corrected chi connectivity index (χ2v) is 9.60. The normalized spacial score (nSPS) is 11.7. The van der Waals surface area contributed by atoms with Crippen molar-refractivity contribution >= 4 is 38.3 Å². The summed E-state index contributed by atoms with van der Waals surface area (Å²) in [7, 11) is -3.77. The number of sulfonamides is 1. The number of aryl methyl sites for hydroxylation is 2. The summed E-state index contributed by atoms with van der Waals surface area (Å²) in [6.45, 7) is 6.59. The molecule has 4 aromatic rings. The molecular weight excluding hydrogens is 418 g/mol. The monoisotopic (exact) mass is 439 g/mol. The number of nitrogens with zero attached hydrogens (tertiary/aromatic N) is 2. The SMILES string of the molecule is Cc1cccc(Cn2cnc3c(NS(=O)(=O)c4ccc(Cl)cc4)c(C)c(C)cc32)c1. The third-order valence-electron chi connectivity index (χ3n) is 5.23. The zero-order chi connectivity index (χ0) is 21.5. The highest BCUT2D eigenvalue weighted by Crippen LogP contribution is 2.31. The molecule has 30 heavy (non-hydrogen) atoms. The first kappa shape index (κ1) is 20.4. The molecule has 0 aliphatic heterocycles. The summed E-state index contributed by atoms with van der Waals surface area (Å²) in [5.41, 5.74) is 6.21. The number of benzene rings is 3. The van der Waals surface area contributed by atoms with Crippen LogP contribution in [0.5, 0.6) is 0 Å². The molecule has 0 saturated carbocycles. The molecule has 0 saturated heterocycles. The van der Waals surface area contributed by atoms with E-state index in [2.05, 4.69) is 34.8 Å². The number of fused-ring (bicyclic) bond motifs is 1. The van der Waals surface area contributed by atoms with Crippen LogP contribution >= 0.6 is 11.6 Å². The average molecular weight is 440 g/mol. The van der Waals surface area contributed by atoms with E-state index in [1.54, 1.807) is 18.5 Å². The van der Waals surface area contributed by atoms with Crippen LogP contribution in [-0.4, -0.2) is 18.0 Å². The summed E-state index contributed by atoms with van der Waals surface area (Å²) >= 11 is 5.90. The first-order chi connectivity index (χ1) is 14.2. The molecule has 0 radical (unpaired) electrons. The number of imidazole rings is 1. The summed E-state index contributed by atoms with van der Waals surface area (Å²) < 4.78 is 30.7. The van der Waals surface area contributed by atoms with Gasteiger partial charge in [-0.2, -0.15) is 0 Å². The van der Waals surface area contributed by atoms with Crippen molar-refractivity contribution in [3.05, 3.63) is 88.2 Å². The van der Waals surface area contributed by atoms with Crippen LogP contribution in [0.15, 0.2) is 65.8 Å². The van der Waals surface area contributed by atoms with Crippen molar-refractivity contribution in [1.29, 1.82) is 0 Å². The quantitative estimate of drug-likeness (QED) is 0.448. The summed E-state index contributed by atoms with van der Waals surface area (Å²) in [5, 5.41) is 0.484. The minimum absolute atomic E-state index is 0.153. The Kier molecular flexibility index (Phi) is 5.30. The summed E-state index contributed by atoms with van der Waals surface area (Å²) in [5.74, 6) is 0. The smallest absolute Gasteiger partial charge is 0.261 e. The van der Waals surface area contributed by atoms with Crippen molar-refractivity contribution in [1.82, 2.24) is 9.55 Å². The molecule has 0 fully saturated rings. The highest BCUT2D eigenvalue weighted by atomic mass is 35.5. The van der Waals surface area contributed by atoms with Gasteiger partial charge in [0.25, 0.3) is 10.0 Å². The van der Waals surface area contributed by atoms with Crippen LogP contribution in [0, 0.1) is 20.8 Å². The van der Waals surface area contributed by atoms with Crippen LogP contribution in [0.3, 0.4) is 0 Å². The molecule has 1 aromatic heterocycles. The third kappa shape index (κ3) is 3.93. The van der Waals surface area contributed by atoms with Crippen molar-refractivity contribution in [2.75, 3.05) is 4.72 Å². The van der Waals surface area contributed by atoms with Gasteiger partial charge in [-0.25, -0.2) is 13.4 Å². The molecule has 3 aromatic carbocycles. The van der Waals surface area contributed by atoms with Gasteiger partial charge in [0.2, 0.25) is 0 Å². The first-order valence-electron chi connectivity index (χ1n) is 9.53. The fraction of sp³-hybridized carbons (Fsp3) is 0.174. The molecule has 0 aliphatic carbocycles. The Labute approximate surface area is 181 Å². The number of halogens is 1. The van der Waals surface area contributed by atoms with Crippen molar-refractivity contribution in [2.45, 2.75) is 32.2 Å². The Hall–Kier alpha value is -2.83.